The standard InChI is InChI=1S/C25H27N5O2S2/c1-16-11-30(12-17(2)32-16)13-20-15-34-24(26-20)29-23(31)19-9-7-18(8-10-19)14-33-25-27-21-5-3-4-6-22(21)28-25/h3-10,15-17H,11-14H2,1-2H3,(H,27,28)(H,26,29,31). The first kappa shape index (κ1) is 23.0. The molecule has 0 bridgehead atoms. The number of thioether (sulfide) groups is 1. The second-order valence-corrected chi connectivity index (χ2v) is 10.4. The first-order chi connectivity index (χ1) is 16.5. The van der Waals surface area contributed by atoms with Crippen LogP contribution in [-0.4, -0.2) is 51.1 Å². The van der Waals surface area contributed by atoms with Crippen molar-refractivity contribution < 1.29 is 9.53 Å². The third kappa shape index (κ3) is 5.67. The molecule has 176 valence electrons. The molecule has 2 N–H and O–H groups in total. The van der Waals surface area contributed by atoms with Gasteiger partial charge in [0, 0.05) is 36.3 Å². The van der Waals surface area contributed by atoms with Gasteiger partial charge in [-0.3, -0.25) is 15.0 Å². The van der Waals surface area contributed by atoms with Crippen molar-refractivity contribution in [1.82, 2.24) is 19.9 Å². The molecule has 0 spiro atoms. The van der Waals surface area contributed by atoms with E-state index < -0.39 is 0 Å². The average Bonchev–Trinajstić information content (AvgIpc) is 3.43. The fourth-order valence-electron chi connectivity index (χ4n) is 4.15. The number of fused-ring (bicyclic) bond motifs is 1. The van der Waals surface area contributed by atoms with Crippen LogP contribution < -0.4 is 5.32 Å². The number of H-pyrrole nitrogens is 1. The Hall–Kier alpha value is -2.72. The lowest BCUT2D eigenvalue weighted by Gasteiger charge is -2.34. The number of nitrogens with one attached hydrogen (secondary N) is 2. The number of aromatic amines is 1. The van der Waals surface area contributed by atoms with E-state index in [2.05, 4.69) is 39.0 Å². The van der Waals surface area contributed by atoms with Crippen molar-refractivity contribution in [2.75, 3.05) is 18.4 Å². The van der Waals surface area contributed by atoms with Crippen molar-refractivity contribution in [3.8, 4) is 0 Å². The highest BCUT2D eigenvalue weighted by atomic mass is 32.2. The summed E-state index contributed by atoms with van der Waals surface area (Å²) in [6, 6.07) is 15.7. The van der Waals surface area contributed by atoms with E-state index >= 15 is 0 Å². The maximum Gasteiger partial charge on any atom is 0.257 e. The molecule has 4 aromatic rings. The van der Waals surface area contributed by atoms with Crippen molar-refractivity contribution in [2.24, 2.45) is 0 Å². The number of anilines is 1. The Kier molecular flexibility index (Phi) is 6.96. The molecule has 1 saturated heterocycles. The van der Waals surface area contributed by atoms with Crippen molar-refractivity contribution in [3.63, 3.8) is 0 Å². The number of rotatable bonds is 7. The molecule has 2 aromatic carbocycles. The molecule has 2 unspecified atom stereocenters. The van der Waals surface area contributed by atoms with Crippen LogP contribution in [0.1, 0.15) is 35.5 Å². The monoisotopic (exact) mass is 493 g/mol. The summed E-state index contributed by atoms with van der Waals surface area (Å²) in [7, 11) is 0. The van der Waals surface area contributed by atoms with Crippen LogP contribution in [0.2, 0.25) is 0 Å². The van der Waals surface area contributed by atoms with Gasteiger partial charge in [-0.05, 0) is 43.7 Å². The van der Waals surface area contributed by atoms with Gasteiger partial charge < -0.3 is 9.72 Å². The quantitative estimate of drug-likeness (QED) is 0.346. The van der Waals surface area contributed by atoms with E-state index in [1.54, 1.807) is 11.8 Å². The van der Waals surface area contributed by atoms with Crippen LogP contribution >= 0.6 is 23.1 Å². The molecular weight excluding hydrogens is 466 g/mol. The molecule has 2 atom stereocenters. The minimum atomic E-state index is -0.147. The molecule has 2 aromatic heterocycles. The molecule has 1 fully saturated rings. The fraction of sp³-hybridized carbons (Fsp3) is 0.320. The molecule has 3 heterocycles. The zero-order chi connectivity index (χ0) is 23.5. The number of carbonyl (C=O) groups is 1. The summed E-state index contributed by atoms with van der Waals surface area (Å²) in [6.45, 7) is 6.74. The van der Waals surface area contributed by atoms with Gasteiger partial charge in [-0.15, -0.1) is 11.3 Å². The Morgan fingerprint density at radius 2 is 1.91 bits per heavy atom. The number of ether oxygens (including phenoxy) is 1. The van der Waals surface area contributed by atoms with E-state index in [0.29, 0.717) is 10.7 Å². The molecule has 7 nitrogen and oxygen atoms in total. The lowest BCUT2D eigenvalue weighted by Crippen LogP contribution is -2.44. The summed E-state index contributed by atoms with van der Waals surface area (Å²) in [5.41, 5.74) is 4.73. The van der Waals surface area contributed by atoms with Crippen LogP contribution in [0.5, 0.6) is 0 Å². The molecule has 34 heavy (non-hydrogen) atoms. The molecule has 1 amide bonds. The number of carbonyl (C=O) groups excluding carboxylic acids is 1. The summed E-state index contributed by atoms with van der Waals surface area (Å²) < 4.78 is 5.80. The highest BCUT2D eigenvalue weighted by molar-refractivity contribution is 7.98. The molecule has 1 aliphatic rings. The number of aromatic nitrogens is 3. The number of para-hydroxylation sites is 2. The van der Waals surface area contributed by atoms with E-state index in [1.165, 1.54) is 11.3 Å². The van der Waals surface area contributed by atoms with Gasteiger partial charge in [-0.1, -0.05) is 36.0 Å². The highest BCUT2D eigenvalue weighted by Crippen LogP contribution is 2.24. The summed E-state index contributed by atoms with van der Waals surface area (Å²) in [4.78, 5) is 27.6. The molecule has 9 heteroatoms. The first-order valence-corrected chi connectivity index (χ1v) is 13.2. The Labute approximate surface area is 207 Å². The predicted molar refractivity (Wildman–Crippen MR) is 137 cm³/mol. The molecule has 0 saturated carbocycles. The van der Waals surface area contributed by atoms with Gasteiger partial charge in [0.05, 0.1) is 28.9 Å². The summed E-state index contributed by atoms with van der Waals surface area (Å²) in [5.74, 6) is 0.627. The molecular formula is C25H27N5O2S2. The van der Waals surface area contributed by atoms with Gasteiger partial charge in [0.1, 0.15) is 0 Å². The van der Waals surface area contributed by atoms with Gasteiger partial charge in [0.2, 0.25) is 0 Å². The van der Waals surface area contributed by atoms with Crippen molar-refractivity contribution in [2.45, 2.75) is 43.5 Å². The zero-order valence-electron chi connectivity index (χ0n) is 19.2. The van der Waals surface area contributed by atoms with Gasteiger partial charge in [0.15, 0.2) is 10.3 Å². The van der Waals surface area contributed by atoms with Gasteiger partial charge in [-0.2, -0.15) is 0 Å². The van der Waals surface area contributed by atoms with E-state index in [1.807, 2.05) is 53.9 Å². The molecule has 1 aliphatic heterocycles. The van der Waals surface area contributed by atoms with E-state index in [0.717, 1.165) is 52.8 Å². The minimum absolute atomic E-state index is 0.147. The maximum atomic E-state index is 12.7. The summed E-state index contributed by atoms with van der Waals surface area (Å²) in [5, 5.41) is 6.46. The maximum absolute atomic E-state index is 12.7. The molecule has 0 radical (unpaired) electrons. The lowest BCUT2D eigenvalue weighted by molar-refractivity contribution is -0.0707. The second kappa shape index (κ2) is 10.3. The van der Waals surface area contributed by atoms with Crippen LogP contribution in [0.3, 0.4) is 0 Å². The SMILES string of the molecule is CC1CN(Cc2csc(NC(=O)c3ccc(CSc4nc5ccccc5[nH]4)cc3)n2)CC(C)O1. The van der Waals surface area contributed by atoms with E-state index in [9.17, 15) is 4.79 Å². The van der Waals surface area contributed by atoms with Crippen molar-refractivity contribution >= 4 is 45.2 Å². The fourth-order valence-corrected chi connectivity index (χ4v) is 5.69. The highest BCUT2D eigenvalue weighted by Gasteiger charge is 2.23. The van der Waals surface area contributed by atoms with Crippen LogP contribution in [0.25, 0.3) is 11.0 Å². The molecule has 0 aliphatic carbocycles. The number of hydrogen-bond acceptors (Lipinski definition) is 7. The topological polar surface area (TPSA) is 83.1 Å². The van der Waals surface area contributed by atoms with Crippen LogP contribution in [0.15, 0.2) is 59.1 Å². The largest absolute Gasteiger partial charge is 0.373 e. The minimum Gasteiger partial charge on any atom is -0.373 e. The van der Waals surface area contributed by atoms with Crippen LogP contribution in [0, 0.1) is 0 Å². The number of thiazole rings is 1. The third-order valence-corrected chi connectivity index (χ3v) is 7.36. The Morgan fingerprint density at radius 1 is 1.15 bits per heavy atom. The average molecular weight is 494 g/mol. The number of amides is 1. The number of morpholine rings is 1. The predicted octanol–water partition coefficient (Wildman–Crippen LogP) is 5.17. The van der Waals surface area contributed by atoms with E-state index in [4.69, 9.17) is 4.74 Å². The van der Waals surface area contributed by atoms with Gasteiger partial charge in [-0.25, -0.2) is 9.97 Å². The summed E-state index contributed by atoms with van der Waals surface area (Å²) >= 11 is 3.10. The lowest BCUT2D eigenvalue weighted by atomic mass is 10.1. The van der Waals surface area contributed by atoms with Crippen LogP contribution in [0.4, 0.5) is 5.13 Å². The Balaban J connectivity index is 1.14. The third-order valence-electron chi connectivity index (χ3n) is 5.61. The summed E-state index contributed by atoms with van der Waals surface area (Å²) in [6.07, 6.45) is 0.447. The Morgan fingerprint density at radius 3 is 2.68 bits per heavy atom. The van der Waals surface area contributed by atoms with E-state index in [-0.39, 0.29) is 18.1 Å². The van der Waals surface area contributed by atoms with Gasteiger partial charge in [0.25, 0.3) is 5.91 Å². The number of benzene rings is 2. The Bertz CT molecular complexity index is 1230. The normalized spacial score (nSPS) is 18.9. The van der Waals surface area contributed by atoms with Gasteiger partial charge >= 0.3 is 0 Å². The number of hydrogen-bond donors (Lipinski definition) is 2. The number of nitrogens with zero attached hydrogens (tertiary/aromatic N) is 3. The molecule has 5 rings (SSSR count). The smallest absolute Gasteiger partial charge is 0.257 e. The second-order valence-electron chi connectivity index (χ2n) is 8.59. The van der Waals surface area contributed by atoms with Crippen molar-refractivity contribution in [1.29, 1.82) is 0 Å². The zero-order valence-corrected chi connectivity index (χ0v) is 20.8. The van der Waals surface area contributed by atoms with Crippen molar-refractivity contribution in [3.05, 3.63) is 70.7 Å². The van der Waals surface area contributed by atoms with Crippen LogP contribution in [-0.2, 0) is 17.0 Å². The first-order valence-electron chi connectivity index (χ1n) is 11.3. The number of imidazole rings is 1.